The summed E-state index contributed by atoms with van der Waals surface area (Å²) in [6.07, 6.45) is 28.5. The van der Waals surface area contributed by atoms with Gasteiger partial charge in [-0.05, 0) is 131 Å². The molecular formula is C42H77N3OS2. The van der Waals surface area contributed by atoms with Crippen molar-refractivity contribution in [3.63, 3.8) is 0 Å². The van der Waals surface area contributed by atoms with E-state index in [1.807, 2.05) is 10.8 Å². The number of amides is 1. The van der Waals surface area contributed by atoms with Crippen LogP contribution in [0.4, 0.5) is 0 Å². The number of hydrogen-bond donors (Lipinski definition) is 2. The van der Waals surface area contributed by atoms with Crippen LogP contribution in [-0.4, -0.2) is 47.0 Å². The van der Waals surface area contributed by atoms with Crippen molar-refractivity contribution in [2.24, 2.45) is 51.9 Å². The molecule has 278 valence electrons. The van der Waals surface area contributed by atoms with Gasteiger partial charge < -0.3 is 16.4 Å². The SMILES string of the molecule is CC(C)CCCCC1CCC2C3CC=C4CC(SSCCC(=O)N(CCCCCCCC(C)N)CCC(C)N)CCC4(C)C3CCC12C. The summed E-state index contributed by atoms with van der Waals surface area (Å²) in [5.74, 6) is 5.86. The fourth-order valence-electron chi connectivity index (χ4n) is 10.7. The normalized spacial score (nSPS) is 32.7. The summed E-state index contributed by atoms with van der Waals surface area (Å²) in [6.45, 7) is 16.0. The Kier molecular flexibility index (Phi) is 16.6. The first-order valence-corrected chi connectivity index (χ1v) is 23.1. The third-order valence-electron chi connectivity index (χ3n) is 13.7. The molecule has 3 fully saturated rings. The lowest BCUT2D eigenvalue weighted by atomic mass is 9.47. The molecule has 0 aliphatic heterocycles. The maximum Gasteiger partial charge on any atom is 0.223 e. The number of rotatable bonds is 21. The number of carbonyl (C=O) groups excluding carboxylic acids is 1. The molecule has 4 N–H and O–H groups in total. The predicted octanol–water partition coefficient (Wildman–Crippen LogP) is 11.2. The van der Waals surface area contributed by atoms with E-state index < -0.39 is 0 Å². The van der Waals surface area contributed by atoms with Crippen LogP contribution in [0, 0.1) is 40.4 Å². The van der Waals surface area contributed by atoms with Gasteiger partial charge >= 0.3 is 0 Å². The van der Waals surface area contributed by atoms with E-state index in [2.05, 4.69) is 63.3 Å². The third-order valence-corrected chi connectivity index (χ3v) is 16.6. The van der Waals surface area contributed by atoms with Crippen LogP contribution in [0.1, 0.15) is 170 Å². The first kappa shape index (κ1) is 40.6. The lowest BCUT2D eigenvalue weighted by Crippen LogP contribution is -2.50. The van der Waals surface area contributed by atoms with Gasteiger partial charge in [-0.15, -0.1) is 0 Å². The Morgan fingerprint density at radius 2 is 1.58 bits per heavy atom. The fraction of sp³-hybridized carbons (Fsp3) is 0.929. The molecule has 6 heteroatoms. The average molecular weight is 704 g/mol. The summed E-state index contributed by atoms with van der Waals surface area (Å²) >= 11 is 0. The second kappa shape index (κ2) is 19.6. The lowest BCUT2D eigenvalue weighted by Gasteiger charge is -2.58. The molecule has 0 aromatic carbocycles. The van der Waals surface area contributed by atoms with Gasteiger partial charge in [-0.3, -0.25) is 4.79 Å². The monoisotopic (exact) mass is 704 g/mol. The molecule has 9 unspecified atom stereocenters. The standard InChI is InChI=1S/C42H77N3OS2/c1-31(2)14-11-12-16-34-18-20-38-37-19-17-35-30-36(21-25-42(35,6)39(37)22-26-41(34,38)5)48-47-29-24-40(46)45(28-23-33(4)44)27-13-9-7-8-10-15-32(3)43/h17,31-34,36-39H,7-16,18-30,43-44H2,1-6H3. The van der Waals surface area contributed by atoms with Crippen molar-refractivity contribution < 1.29 is 4.79 Å². The van der Waals surface area contributed by atoms with Crippen LogP contribution in [0.3, 0.4) is 0 Å². The van der Waals surface area contributed by atoms with Gasteiger partial charge in [-0.25, -0.2) is 0 Å². The Bertz CT molecular complexity index is 999. The second-order valence-corrected chi connectivity index (χ2v) is 20.8. The first-order valence-electron chi connectivity index (χ1n) is 20.7. The zero-order chi connectivity index (χ0) is 34.7. The Balaban J connectivity index is 1.20. The Hall–Kier alpha value is -0.170. The van der Waals surface area contributed by atoms with E-state index in [0.29, 0.717) is 34.4 Å². The number of carbonyl (C=O) groups is 1. The van der Waals surface area contributed by atoms with Crippen LogP contribution in [0.15, 0.2) is 11.6 Å². The molecule has 0 saturated heterocycles. The van der Waals surface area contributed by atoms with Crippen molar-refractivity contribution in [1.82, 2.24) is 4.90 Å². The molecule has 0 aromatic heterocycles. The van der Waals surface area contributed by atoms with Gasteiger partial charge in [0.25, 0.3) is 0 Å². The Morgan fingerprint density at radius 1 is 0.854 bits per heavy atom. The number of unbranched alkanes of at least 4 members (excludes halogenated alkanes) is 5. The van der Waals surface area contributed by atoms with Crippen LogP contribution in [0.25, 0.3) is 0 Å². The van der Waals surface area contributed by atoms with Crippen molar-refractivity contribution >= 4 is 27.5 Å². The molecule has 0 heterocycles. The molecule has 4 aliphatic rings. The van der Waals surface area contributed by atoms with Crippen molar-refractivity contribution in [3.8, 4) is 0 Å². The summed E-state index contributed by atoms with van der Waals surface area (Å²) in [4.78, 5) is 15.4. The van der Waals surface area contributed by atoms with E-state index in [0.717, 1.165) is 67.7 Å². The molecule has 3 saturated carbocycles. The van der Waals surface area contributed by atoms with Crippen LogP contribution >= 0.6 is 21.6 Å². The molecule has 4 aliphatic carbocycles. The van der Waals surface area contributed by atoms with Crippen molar-refractivity contribution in [3.05, 3.63) is 11.6 Å². The second-order valence-electron chi connectivity index (χ2n) is 18.0. The minimum Gasteiger partial charge on any atom is -0.343 e. The highest BCUT2D eigenvalue weighted by atomic mass is 33.1. The molecule has 0 radical (unpaired) electrons. The number of fused-ring (bicyclic) bond motifs is 5. The molecule has 48 heavy (non-hydrogen) atoms. The average Bonchev–Trinajstić information content (AvgIpc) is 3.37. The van der Waals surface area contributed by atoms with Crippen molar-refractivity contribution in [2.75, 3.05) is 18.8 Å². The van der Waals surface area contributed by atoms with Crippen molar-refractivity contribution in [1.29, 1.82) is 0 Å². The van der Waals surface area contributed by atoms with Gasteiger partial charge in [0.2, 0.25) is 5.91 Å². The van der Waals surface area contributed by atoms with Gasteiger partial charge in [0.05, 0.1) is 0 Å². The van der Waals surface area contributed by atoms with E-state index in [9.17, 15) is 4.79 Å². The molecule has 1 amide bonds. The van der Waals surface area contributed by atoms with Gasteiger partial charge in [0.1, 0.15) is 0 Å². The van der Waals surface area contributed by atoms with Crippen LogP contribution < -0.4 is 11.5 Å². The maximum atomic E-state index is 13.3. The van der Waals surface area contributed by atoms with Crippen LogP contribution in [-0.2, 0) is 4.79 Å². The lowest BCUT2D eigenvalue weighted by molar-refractivity contribution is -0.130. The smallest absolute Gasteiger partial charge is 0.223 e. The minimum absolute atomic E-state index is 0.141. The minimum atomic E-state index is 0.141. The van der Waals surface area contributed by atoms with Crippen LogP contribution in [0.5, 0.6) is 0 Å². The first-order chi connectivity index (χ1) is 22.9. The summed E-state index contributed by atoms with van der Waals surface area (Å²) < 4.78 is 0. The molecule has 0 bridgehead atoms. The van der Waals surface area contributed by atoms with E-state index in [4.69, 9.17) is 11.5 Å². The van der Waals surface area contributed by atoms with Crippen LogP contribution in [0.2, 0.25) is 0 Å². The predicted molar refractivity (Wildman–Crippen MR) is 213 cm³/mol. The van der Waals surface area contributed by atoms with Gasteiger partial charge in [-0.2, -0.15) is 0 Å². The molecule has 0 aromatic rings. The molecule has 0 spiro atoms. The molecular weight excluding hydrogens is 627 g/mol. The highest BCUT2D eigenvalue weighted by molar-refractivity contribution is 8.76. The highest BCUT2D eigenvalue weighted by Crippen LogP contribution is 2.67. The van der Waals surface area contributed by atoms with Crippen molar-refractivity contribution in [2.45, 2.75) is 187 Å². The number of nitrogens with two attached hydrogens (primary N) is 2. The summed E-state index contributed by atoms with van der Waals surface area (Å²) in [7, 11) is 4.05. The molecule has 4 nitrogen and oxygen atoms in total. The summed E-state index contributed by atoms with van der Waals surface area (Å²) in [5, 5.41) is 0.702. The van der Waals surface area contributed by atoms with Gasteiger partial charge in [-0.1, -0.05) is 106 Å². The maximum absolute atomic E-state index is 13.3. The van der Waals surface area contributed by atoms with E-state index in [-0.39, 0.29) is 6.04 Å². The van der Waals surface area contributed by atoms with E-state index in [1.165, 1.54) is 103 Å². The van der Waals surface area contributed by atoms with E-state index in [1.54, 1.807) is 5.57 Å². The van der Waals surface area contributed by atoms with Gasteiger partial charge in [0.15, 0.2) is 0 Å². The van der Waals surface area contributed by atoms with Gasteiger partial charge in [0, 0.05) is 42.6 Å². The third kappa shape index (κ3) is 11.2. The number of nitrogens with zero attached hydrogens (tertiary/aromatic N) is 1. The fourth-order valence-corrected chi connectivity index (χ4v) is 13.3. The quantitative estimate of drug-likeness (QED) is 0.0707. The Labute approximate surface area is 305 Å². The Morgan fingerprint density at radius 3 is 2.33 bits per heavy atom. The highest BCUT2D eigenvalue weighted by Gasteiger charge is 2.58. The summed E-state index contributed by atoms with van der Waals surface area (Å²) in [6, 6.07) is 0.452. The molecule has 9 atom stereocenters. The number of hydrogen-bond acceptors (Lipinski definition) is 5. The number of allylic oxidation sites excluding steroid dienone is 2. The zero-order valence-corrected chi connectivity index (χ0v) is 33.9. The summed E-state index contributed by atoms with van der Waals surface area (Å²) in [5.41, 5.74) is 14.8. The zero-order valence-electron chi connectivity index (χ0n) is 32.3. The van der Waals surface area contributed by atoms with E-state index >= 15 is 0 Å². The molecule has 4 rings (SSSR count). The largest absolute Gasteiger partial charge is 0.343 e. The topological polar surface area (TPSA) is 72.3 Å².